The van der Waals surface area contributed by atoms with E-state index in [-0.39, 0.29) is 22.9 Å². The Labute approximate surface area is 180 Å². The average molecular weight is 438 g/mol. The number of aliphatic imine (C=N–C) groups is 1. The minimum atomic E-state index is -0.651. The molecule has 0 amide bonds. The Morgan fingerprint density at radius 3 is 2.61 bits per heavy atom. The van der Waals surface area contributed by atoms with Gasteiger partial charge in [-0.25, -0.2) is 4.79 Å². The summed E-state index contributed by atoms with van der Waals surface area (Å²) in [6.45, 7) is 0. The van der Waals surface area contributed by atoms with Gasteiger partial charge in [0.15, 0.2) is 0 Å². The number of nitro benzene ring substituents is 1. The molecule has 0 radical (unpaired) electrons. The number of non-ortho nitro benzene ring substituents is 1. The van der Waals surface area contributed by atoms with Crippen LogP contribution >= 0.6 is 11.8 Å². The summed E-state index contributed by atoms with van der Waals surface area (Å²) in [7, 11) is 2.71. The standard InChI is InChI=1S/C21H18N4O5S/c1-23-19(26)18(20(27)24(2)21(23)28)15-11-17(12-6-5-7-13(10-12)25(29)30)31-16-9-4-3-8-14(16)22-15/h3-10,17,26H,11H2,1-2H3/t17-/m1/s1. The van der Waals surface area contributed by atoms with E-state index in [1.807, 2.05) is 18.2 Å². The van der Waals surface area contributed by atoms with Crippen LogP contribution in [0.5, 0.6) is 5.88 Å². The Morgan fingerprint density at radius 2 is 1.87 bits per heavy atom. The van der Waals surface area contributed by atoms with Crippen LogP contribution in [-0.4, -0.2) is 24.9 Å². The molecule has 0 bridgehead atoms. The average Bonchev–Trinajstić information content (AvgIpc) is 2.96. The molecule has 0 fully saturated rings. The van der Waals surface area contributed by atoms with E-state index in [9.17, 15) is 24.8 Å². The van der Waals surface area contributed by atoms with Gasteiger partial charge in [0.1, 0.15) is 5.56 Å². The van der Waals surface area contributed by atoms with Crippen LogP contribution in [0, 0.1) is 10.1 Å². The summed E-state index contributed by atoms with van der Waals surface area (Å²) in [6, 6.07) is 13.7. The third-order valence-corrected chi connectivity index (χ3v) is 6.47. The second-order valence-electron chi connectivity index (χ2n) is 7.09. The fourth-order valence-corrected chi connectivity index (χ4v) is 4.70. The second kappa shape index (κ2) is 7.88. The van der Waals surface area contributed by atoms with Crippen molar-refractivity contribution in [1.82, 2.24) is 9.13 Å². The molecule has 9 nitrogen and oxygen atoms in total. The normalized spacial score (nSPS) is 15.7. The molecule has 1 N–H and O–H groups in total. The smallest absolute Gasteiger partial charge is 0.333 e. The SMILES string of the molecule is Cn1c(O)c(C2=Nc3ccccc3S[C@@H](c3cccc([N+](=O)[O-])c3)C2)c(=O)n(C)c1=O. The third kappa shape index (κ3) is 3.66. The number of para-hydroxylation sites is 1. The van der Waals surface area contributed by atoms with Gasteiger partial charge in [-0.3, -0.25) is 29.0 Å². The number of hydrogen-bond acceptors (Lipinski definition) is 7. The van der Waals surface area contributed by atoms with Crippen molar-refractivity contribution in [2.24, 2.45) is 19.1 Å². The van der Waals surface area contributed by atoms with Crippen LogP contribution in [0.2, 0.25) is 0 Å². The largest absolute Gasteiger partial charge is 0.494 e. The summed E-state index contributed by atoms with van der Waals surface area (Å²) in [6.07, 6.45) is 0.224. The summed E-state index contributed by atoms with van der Waals surface area (Å²) < 4.78 is 1.91. The van der Waals surface area contributed by atoms with Crippen molar-refractivity contribution < 1.29 is 10.0 Å². The number of fused-ring (bicyclic) bond motifs is 1. The number of hydrogen-bond donors (Lipinski definition) is 1. The predicted octanol–water partition coefficient (Wildman–Crippen LogP) is 3.06. The second-order valence-corrected chi connectivity index (χ2v) is 8.34. The first-order chi connectivity index (χ1) is 14.8. The van der Waals surface area contributed by atoms with Crippen LogP contribution in [0.25, 0.3) is 0 Å². The van der Waals surface area contributed by atoms with Gasteiger partial charge in [0, 0.05) is 42.8 Å². The highest BCUT2D eigenvalue weighted by Crippen LogP contribution is 2.46. The first-order valence-corrected chi connectivity index (χ1v) is 10.2. The molecule has 0 spiro atoms. The lowest BCUT2D eigenvalue weighted by Gasteiger charge is -2.17. The van der Waals surface area contributed by atoms with Crippen LogP contribution < -0.4 is 11.2 Å². The molecule has 0 unspecified atom stereocenters. The zero-order valence-corrected chi connectivity index (χ0v) is 17.5. The molecular weight excluding hydrogens is 420 g/mol. The lowest BCUT2D eigenvalue weighted by Crippen LogP contribution is -2.40. The molecule has 2 aromatic carbocycles. The topological polar surface area (TPSA) is 120 Å². The lowest BCUT2D eigenvalue weighted by molar-refractivity contribution is -0.384. The van der Waals surface area contributed by atoms with Crippen molar-refractivity contribution in [2.45, 2.75) is 16.6 Å². The molecule has 3 aromatic rings. The van der Waals surface area contributed by atoms with Crippen molar-refractivity contribution in [3.05, 3.63) is 90.6 Å². The fourth-order valence-electron chi connectivity index (χ4n) is 3.48. The maximum Gasteiger partial charge on any atom is 0.333 e. The molecule has 1 aromatic heterocycles. The molecule has 0 saturated carbocycles. The van der Waals surface area contributed by atoms with Crippen molar-refractivity contribution in [3.8, 4) is 5.88 Å². The molecule has 0 saturated heterocycles. The molecule has 31 heavy (non-hydrogen) atoms. The number of aromatic nitrogens is 2. The Morgan fingerprint density at radius 1 is 1.13 bits per heavy atom. The summed E-state index contributed by atoms with van der Waals surface area (Å²) >= 11 is 1.48. The molecule has 1 atom stereocenters. The van der Waals surface area contributed by atoms with Crippen molar-refractivity contribution in [3.63, 3.8) is 0 Å². The Bertz CT molecular complexity index is 1360. The van der Waals surface area contributed by atoms with Gasteiger partial charge in [-0.2, -0.15) is 0 Å². The Hall–Kier alpha value is -3.66. The monoisotopic (exact) mass is 438 g/mol. The maximum absolute atomic E-state index is 12.9. The van der Waals surface area contributed by atoms with Crippen LogP contribution in [0.3, 0.4) is 0 Å². The van der Waals surface area contributed by atoms with Crippen molar-refractivity contribution in [2.75, 3.05) is 0 Å². The molecular formula is C21H18N4O5S. The van der Waals surface area contributed by atoms with E-state index >= 15 is 0 Å². The van der Waals surface area contributed by atoms with Gasteiger partial charge in [-0.15, -0.1) is 11.8 Å². The first kappa shape index (κ1) is 20.6. The van der Waals surface area contributed by atoms with E-state index in [0.717, 1.165) is 14.0 Å². The Balaban J connectivity index is 1.93. The van der Waals surface area contributed by atoms with Gasteiger partial charge in [0.25, 0.3) is 11.2 Å². The lowest BCUT2D eigenvalue weighted by atomic mass is 10.0. The van der Waals surface area contributed by atoms with Crippen LogP contribution in [0.4, 0.5) is 11.4 Å². The number of benzene rings is 2. The van der Waals surface area contributed by atoms with E-state index < -0.39 is 22.1 Å². The molecule has 4 rings (SSSR count). The summed E-state index contributed by atoms with van der Waals surface area (Å²) in [4.78, 5) is 41.3. The highest BCUT2D eigenvalue weighted by molar-refractivity contribution is 7.99. The van der Waals surface area contributed by atoms with E-state index in [0.29, 0.717) is 17.0 Å². The molecule has 1 aliphatic rings. The van der Waals surface area contributed by atoms with Gasteiger partial charge in [0.2, 0.25) is 5.88 Å². The zero-order chi connectivity index (χ0) is 22.3. The van der Waals surface area contributed by atoms with Gasteiger partial charge in [-0.1, -0.05) is 24.3 Å². The number of nitrogens with zero attached hydrogens (tertiary/aromatic N) is 4. The summed E-state index contributed by atoms with van der Waals surface area (Å²) in [5.74, 6) is -0.464. The molecule has 10 heteroatoms. The summed E-state index contributed by atoms with van der Waals surface area (Å²) in [5, 5.41) is 21.6. The highest BCUT2D eigenvalue weighted by Gasteiger charge is 2.28. The van der Waals surface area contributed by atoms with Gasteiger partial charge in [-0.05, 0) is 17.7 Å². The molecule has 1 aliphatic heterocycles. The molecule has 2 heterocycles. The van der Waals surface area contributed by atoms with Crippen LogP contribution in [-0.2, 0) is 14.1 Å². The minimum absolute atomic E-state index is 0.0324. The maximum atomic E-state index is 12.9. The van der Waals surface area contributed by atoms with E-state index in [1.165, 1.54) is 38.0 Å². The number of rotatable bonds is 3. The van der Waals surface area contributed by atoms with E-state index in [1.54, 1.807) is 18.2 Å². The van der Waals surface area contributed by atoms with E-state index in [2.05, 4.69) is 4.99 Å². The van der Waals surface area contributed by atoms with Crippen LogP contribution in [0.1, 0.15) is 22.8 Å². The fraction of sp³-hybridized carbons (Fsp3) is 0.190. The Kier molecular flexibility index (Phi) is 5.24. The van der Waals surface area contributed by atoms with Gasteiger partial charge >= 0.3 is 5.69 Å². The van der Waals surface area contributed by atoms with Crippen molar-refractivity contribution >= 4 is 28.8 Å². The van der Waals surface area contributed by atoms with E-state index in [4.69, 9.17) is 0 Å². The summed E-state index contributed by atoms with van der Waals surface area (Å²) in [5.41, 5.74) is 0.234. The highest BCUT2D eigenvalue weighted by atomic mass is 32.2. The minimum Gasteiger partial charge on any atom is -0.494 e. The molecule has 158 valence electrons. The zero-order valence-electron chi connectivity index (χ0n) is 16.7. The van der Waals surface area contributed by atoms with Gasteiger partial charge in [0.05, 0.1) is 16.3 Å². The first-order valence-electron chi connectivity index (χ1n) is 9.35. The third-order valence-electron chi connectivity index (χ3n) is 5.14. The number of thioether (sulfide) groups is 1. The van der Waals surface area contributed by atoms with Gasteiger partial charge < -0.3 is 5.11 Å². The molecule has 0 aliphatic carbocycles. The number of aromatic hydroxyl groups is 1. The number of nitro groups is 1. The van der Waals surface area contributed by atoms with Crippen LogP contribution in [0.15, 0.2) is 68.0 Å². The van der Waals surface area contributed by atoms with Crippen molar-refractivity contribution in [1.29, 1.82) is 0 Å². The predicted molar refractivity (Wildman–Crippen MR) is 118 cm³/mol. The quantitative estimate of drug-likeness (QED) is 0.496.